The molecule has 2 amide bonds. The number of carbonyl (C=O) groups excluding carboxylic acids is 2. The quantitative estimate of drug-likeness (QED) is 0.734. The number of rotatable bonds is 4. The molecule has 0 spiro atoms. The Morgan fingerprint density at radius 1 is 1.14 bits per heavy atom. The van der Waals surface area contributed by atoms with Gasteiger partial charge in [-0.2, -0.15) is 0 Å². The number of piperidine rings is 1. The summed E-state index contributed by atoms with van der Waals surface area (Å²) in [6, 6.07) is 11.2. The van der Waals surface area contributed by atoms with E-state index in [1.807, 2.05) is 35.7 Å². The van der Waals surface area contributed by atoms with E-state index in [-0.39, 0.29) is 29.8 Å². The summed E-state index contributed by atoms with van der Waals surface area (Å²) < 4.78 is 1.92. The number of hydrogen-bond acceptors (Lipinski definition) is 5. The Hall–Kier alpha value is -3.00. The molecule has 1 fully saturated rings. The Morgan fingerprint density at radius 3 is 2.64 bits per heavy atom. The summed E-state index contributed by atoms with van der Waals surface area (Å²) in [5.41, 5.74) is 1.25. The molecule has 0 unspecified atom stereocenters. The lowest BCUT2D eigenvalue weighted by atomic mass is 9.95. The molecule has 0 atom stereocenters. The SMILES string of the molecule is O=C(Nc1ccccc1)C1CCN(C(=O)Cn2cnc3ccsc3c2=O)CC1. The third-order valence-corrected chi connectivity index (χ3v) is 5.89. The van der Waals surface area contributed by atoms with E-state index in [9.17, 15) is 14.4 Å². The number of hydrogen-bond donors (Lipinski definition) is 1. The topological polar surface area (TPSA) is 84.3 Å². The molecule has 8 heteroatoms. The number of fused-ring (bicyclic) bond motifs is 1. The first-order valence-electron chi connectivity index (χ1n) is 9.18. The van der Waals surface area contributed by atoms with Gasteiger partial charge in [-0.25, -0.2) is 4.98 Å². The number of carbonyl (C=O) groups is 2. The first-order chi connectivity index (χ1) is 13.6. The average molecular weight is 396 g/mol. The van der Waals surface area contributed by atoms with E-state index in [1.54, 1.807) is 11.0 Å². The zero-order valence-electron chi connectivity index (χ0n) is 15.2. The van der Waals surface area contributed by atoms with E-state index in [0.717, 1.165) is 5.69 Å². The largest absolute Gasteiger partial charge is 0.341 e. The maximum Gasteiger partial charge on any atom is 0.271 e. The summed E-state index contributed by atoms with van der Waals surface area (Å²) in [5.74, 6) is -0.250. The fraction of sp³-hybridized carbons (Fsp3) is 0.300. The molecular weight excluding hydrogens is 376 g/mol. The number of likely N-dealkylation sites (tertiary alicyclic amines) is 1. The number of anilines is 1. The molecule has 1 aliphatic heterocycles. The predicted molar refractivity (Wildman–Crippen MR) is 108 cm³/mol. The Bertz CT molecular complexity index is 1050. The summed E-state index contributed by atoms with van der Waals surface area (Å²) in [7, 11) is 0. The molecule has 1 N–H and O–H groups in total. The normalized spacial score (nSPS) is 14.9. The molecule has 28 heavy (non-hydrogen) atoms. The first kappa shape index (κ1) is 18.4. The third kappa shape index (κ3) is 3.82. The number of nitrogens with zero attached hydrogens (tertiary/aromatic N) is 3. The standard InChI is InChI=1S/C20H20N4O3S/c25-17(12-24-13-21-16-8-11-28-18(16)20(24)27)23-9-6-14(7-10-23)19(26)22-15-4-2-1-3-5-15/h1-5,8,11,13-14H,6-7,9-10,12H2,(H,22,26). The lowest BCUT2D eigenvalue weighted by molar-refractivity contribution is -0.135. The van der Waals surface area contributed by atoms with E-state index in [4.69, 9.17) is 0 Å². The molecule has 7 nitrogen and oxygen atoms in total. The lowest BCUT2D eigenvalue weighted by Gasteiger charge is -2.31. The van der Waals surface area contributed by atoms with Gasteiger partial charge < -0.3 is 10.2 Å². The molecule has 1 aliphatic rings. The molecule has 1 saturated heterocycles. The van der Waals surface area contributed by atoms with Crippen molar-refractivity contribution >= 4 is 39.1 Å². The minimum absolute atomic E-state index is 0.0122. The van der Waals surface area contributed by atoms with Crippen LogP contribution in [0.3, 0.4) is 0 Å². The highest BCUT2D eigenvalue weighted by molar-refractivity contribution is 7.17. The van der Waals surface area contributed by atoms with Crippen LogP contribution < -0.4 is 10.9 Å². The van der Waals surface area contributed by atoms with Crippen molar-refractivity contribution in [3.05, 3.63) is 58.5 Å². The Balaban J connectivity index is 1.34. The first-order valence-corrected chi connectivity index (χ1v) is 10.1. The number of para-hydroxylation sites is 1. The molecule has 2 aromatic heterocycles. The maximum atomic E-state index is 12.6. The van der Waals surface area contributed by atoms with E-state index in [0.29, 0.717) is 36.1 Å². The van der Waals surface area contributed by atoms with Crippen LogP contribution >= 0.6 is 11.3 Å². The second kappa shape index (κ2) is 7.93. The maximum absolute atomic E-state index is 12.6. The molecule has 0 saturated carbocycles. The molecule has 3 heterocycles. The minimum Gasteiger partial charge on any atom is -0.341 e. The van der Waals surface area contributed by atoms with Gasteiger partial charge in [-0.3, -0.25) is 19.0 Å². The number of nitrogens with one attached hydrogen (secondary N) is 1. The fourth-order valence-electron chi connectivity index (χ4n) is 3.39. The van der Waals surface area contributed by atoms with Crippen LogP contribution in [0.2, 0.25) is 0 Å². The van der Waals surface area contributed by atoms with Crippen LogP contribution in [-0.2, 0) is 16.1 Å². The summed E-state index contributed by atoms with van der Waals surface area (Å²) in [5, 5.41) is 4.74. The van der Waals surface area contributed by atoms with Gasteiger partial charge in [-0.05, 0) is 36.4 Å². The average Bonchev–Trinajstić information content (AvgIpc) is 3.20. The van der Waals surface area contributed by atoms with Crippen molar-refractivity contribution in [2.45, 2.75) is 19.4 Å². The summed E-state index contributed by atoms with van der Waals surface area (Å²) in [6.07, 6.45) is 2.65. The monoisotopic (exact) mass is 396 g/mol. The van der Waals surface area contributed by atoms with Crippen molar-refractivity contribution in [3.8, 4) is 0 Å². The van der Waals surface area contributed by atoms with Crippen molar-refractivity contribution < 1.29 is 9.59 Å². The molecule has 4 rings (SSSR count). The van der Waals surface area contributed by atoms with E-state index >= 15 is 0 Å². The van der Waals surface area contributed by atoms with Crippen LogP contribution in [0.15, 0.2) is 52.9 Å². The second-order valence-electron chi connectivity index (χ2n) is 6.82. The molecule has 1 aromatic carbocycles. The smallest absolute Gasteiger partial charge is 0.271 e. The van der Waals surface area contributed by atoms with E-state index in [2.05, 4.69) is 10.3 Å². The van der Waals surface area contributed by atoms with Crippen molar-refractivity contribution in [1.82, 2.24) is 14.5 Å². The number of aromatic nitrogens is 2. The summed E-state index contributed by atoms with van der Waals surface area (Å²) in [4.78, 5) is 43.4. The van der Waals surface area contributed by atoms with Crippen LogP contribution in [-0.4, -0.2) is 39.4 Å². The van der Waals surface area contributed by atoms with Crippen LogP contribution in [0, 0.1) is 5.92 Å². The molecule has 144 valence electrons. The third-order valence-electron chi connectivity index (χ3n) is 5.00. The number of thiophene rings is 1. The number of benzene rings is 1. The van der Waals surface area contributed by atoms with Gasteiger partial charge in [0.25, 0.3) is 5.56 Å². The van der Waals surface area contributed by atoms with Crippen molar-refractivity contribution in [2.75, 3.05) is 18.4 Å². The Kier molecular flexibility index (Phi) is 5.21. The van der Waals surface area contributed by atoms with Crippen LogP contribution in [0.4, 0.5) is 5.69 Å². The fourth-order valence-corrected chi connectivity index (χ4v) is 4.19. The van der Waals surface area contributed by atoms with E-state index < -0.39 is 0 Å². The van der Waals surface area contributed by atoms with Crippen LogP contribution in [0.25, 0.3) is 10.2 Å². The summed E-state index contributed by atoms with van der Waals surface area (Å²) in [6.45, 7) is 0.991. The van der Waals surface area contributed by atoms with Gasteiger partial charge in [0.1, 0.15) is 11.2 Å². The molecule has 0 aliphatic carbocycles. The van der Waals surface area contributed by atoms with Crippen molar-refractivity contribution in [2.24, 2.45) is 5.92 Å². The van der Waals surface area contributed by atoms with E-state index in [1.165, 1.54) is 22.2 Å². The van der Waals surface area contributed by atoms with Crippen molar-refractivity contribution in [3.63, 3.8) is 0 Å². The minimum atomic E-state index is -0.189. The van der Waals surface area contributed by atoms with Crippen LogP contribution in [0.5, 0.6) is 0 Å². The van der Waals surface area contributed by atoms with Crippen LogP contribution in [0.1, 0.15) is 12.8 Å². The second-order valence-corrected chi connectivity index (χ2v) is 7.74. The summed E-state index contributed by atoms with van der Waals surface area (Å²) >= 11 is 1.33. The Labute approximate surface area is 165 Å². The van der Waals surface area contributed by atoms with Gasteiger partial charge in [0.15, 0.2) is 0 Å². The highest BCUT2D eigenvalue weighted by atomic mass is 32.1. The molecule has 0 radical (unpaired) electrons. The lowest BCUT2D eigenvalue weighted by Crippen LogP contribution is -2.43. The Morgan fingerprint density at radius 2 is 1.89 bits per heavy atom. The molecular formula is C20H20N4O3S. The zero-order chi connectivity index (χ0) is 19.5. The van der Waals surface area contributed by atoms with Gasteiger partial charge in [0.2, 0.25) is 11.8 Å². The highest BCUT2D eigenvalue weighted by Crippen LogP contribution is 2.20. The van der Waals surface area contributed by atoms with Gasteiger partial charge >= 0.3 is 0 Å². The number of amides is 2. The highest BCUT2D eigenvalue weighted by Gasteiger charge is 2.27. The predicted octanol–water partition coefficient (Wildman–Crippen LogP) is 2.34. The molecule has 3 aromatic rings. The van der Waals surface area contributed by atoms with Gasteiger partial charge in [-0.15, -0.1) is 11.3 Å². The zero-order valence-corrected chi connectivity index (χ0v) is 16.0. The van der Waals surface area contributed by atoms with Gasteiger partial charge in [0.05, 0.1) is 11.8 Å². The van der Waals surface area contributed by atoms with Gasteiger partial charge in [-0.1, -0.05) is 18.2 Å². The van der Waals surface area contributed by atoms with Gasteiger partial charge in [0, 0.05) is 24.7 Å². The van der Waals surface area contributed by atoms with Crippen molar-refractivity contribution in [1.29, 1.82) is 0 Å². The molecule has 0 bridgehead atoms.